The molecule has 1 saturated heterocycles. The zero-order valence-corrected chi connectivity index (χ0v) is 15.1. The van der Waals surface area contributed by atoms with Gasteiger partial charge in [0, 0.05) is 4.90 Å². The second-order valence-electron chi connectivity index (χ2n) is 5.38. The third-order valence-corrected chi connectivity index (χ3v) is 5.30. The minimum absolute atomic E-state index is 0.130. The number of amidine groups is 1. The highest BCUT2D eigenvalue weighted by Crippen LogP contribution is 2.27. The molecule has 1 aliphatic rings. The second-order valence-corrected chi connectivity index (χ2v) is 7.64. The van der Waals surface area contributed by atoms with Gasteiger partial charge < -0.3 is 5.32 Å². The summed E-state index contributed by atoms with van der Waals surface area (Å²) in [5.74, 6) is -2.57. The van der Waals surface area contributed by atoms with Crippen molar-refractivity contribution in [3.8, 4) is 0 Å². The predicted molar refractivity (Wildman–Crippen MR) is 103 cm³/mol. The molecule has 0 unspecified atom stereocenters. The summed E-state index contributed by atoms with van der Waals surface area (Å²) in [6, 6.07) is 16.4. The maximum Gasteiger partial charge on any atom is 0.288 e. The lowest BCUT2D eigenvalue weighted by Crippen LogP contribution is -2.25. The lowest BCUT2D eigenvalue weighted by molar-refractivity contribution is -0.118. The van der Waals surface area contributed by atoms with E-state index in [-0.39, 0.29) is 11.2 Å². The molecule has 1 amide bonds. The van der Waals surface area contributed by atoms with Crippen LogP contribution in [0.1, 0.15) is 11.1 Å². The number of rotatable bonds is 6. The molecule has 134 valence electrons. The van der Waals surface area contributed by atoms with E-state index in [0.29, 0.717) is 28.2 Å². The number of nitrogens with one attached hydrogen (secondary N) is 1. The van der Waals surface area contributed by atoms with E-state index in [1.807, 2.05) is 30.3 Å². The number of carbonyl (C=O) groups excluding carboxylic acids is 1. The number of halogens is 2. The van der Waals surface area contributed by atoms with Gasteiger partial charge in [-0.3, -0.25) is 4.79 Å². The topological polar surface area (TPSA) is 53.8 Å². The molecule has 2 aromatic carbocycles. The van der Waals surface area contributed by atoms with Gasteiger partial charge in [0.1, 0.15) is 0 Å². The quantitative estimate of drug-likeness (QED) is 0.457. The van der Waals surface area contributed by atoms with Gasteiger partial charge >= 0.3 is 0 Å². The number of hydrogen-bond donors (Lipinski definition) is 1. The third-order valence-electron chi connectivity index (χ3n) is 3.50. The van der Waals surface area contributed by atoms with E-state index in [1.54, 1.807) is 30.5 Å². The van der Waals surface area contributed by atoms with Crippen LogP contribution in [-0.4, -0.2) is 28.3 Å². The first-order valence-electron chi connectivity index (χ1n) is 7.77. The third kappa shape index (κ3) is 5.40. The molecule has 1 heterocycles. The Kier molecular flexibility index (Phi) is 6.40. The molecule has 0 bridgehead atoms. The second kappa shape index (κ2) is 8.95. The maximum absolute atomic E-state index is 12.3. The zero-order valence-electron chi connectivity index (χ0n) is 13.5. The molecule has 0 radical (unpaired) electrons. The molecule has 0 aliphatic carbocycles. The Morgan fingerprint density at radius 3 is 2.58 bits per heavy atom. The molecule has 0 aromatic heterocycles. The first-order chi connectivity index (χ1) is 12.6. The van der Waals surface area contributed by atoms with Crippen molar-refractivity contribution in [3.05, 3.63) is 65.7 Å². The van der Waals surface area contributed by atoms with Crippen LogP contribution in [0.15, 0.2) is 69.7 Å². The first-order valence-corrected chi connectivity index (χ1v) is 9.53. The smallest absolute Gasteiger partial charge is 0.288 e. The summed E-state index contributed by atoms with van der Waals surface area (Å²) in [6.45, 7) is 0. The van der Waals surface area contributed by atoms with Crippen molar-refractivity contribution in [2.45, 2.75) is 22.3 Å². The molecular weight excluding hydrogens is 376 g/mol. The van der Waals surface area contributed by atoms with Crippen LogP contribution >= 0.6 is 23.5 Å². The van der Waals surface area contributed by atoms with E-state index in [0.717, 1.165) is 11.1 Å². The van der Waals surface area contributed by atoms with Crippen molar-refractivity contribution in [2.75, 3.05) is 0 Å². The summed E-state index contributed by atoms with van der Waals surface area (Å²) >= 11 is 1.82. The maximum atomic E-state index is 12.3. The standard InChI is InChI=1S/C18H15F2N3OS2/c19-17(20)25-14-8-6-12(7-9-14)10-15-16(24)22-18(26-15)23-21-11-13-4-2-1-3-5-13/h1-9,11,15,17H,10H2,(H,22,23,24)/b21-11-/t15-/m1/s1. The van der Waals surface area contributed by atoms with Gasteiger partial charge in [0.2, 0.25) is 5.91 Å². The van der Waals surface area contributed by atoms with Gasteiger partial charge in [-0.05, 0) is 29.7 Å². The molecule has 3 rings (SSSR count). The monoisotopic (exact) mass is 391 g/mol. The van der Waals surface area contributed by atoms with Gasteiger partial charge in [0.25, 0.3) is 5.76 Å². The van der Waals surface area contributed by atoms with Gasteiger partial charge in [-0.1, -0.05) is 66.0 Å². The van der Waals surface area contributed by atoms with Gasteiger partial charge in [-0.2, -0.15) is 13.9 Å². The number of benzene rings is 2. The van der Waals surface area contributed by atoms with E-state index in [2.05, 4.69) is 15.5 Å². The first kappa shape index (κ1) is 18.6. The van der Waals surface area contributed by atoms with E-state index >= 15 is 0 Å². The number of hydrogen-bond acceptors (Lipinski definition) is 5. The average Bonchev–Trinajstić information content (AvgIpc) is 2.97. The van der Waals surface area contributed by atoms with Gasteiger partial charge in [-0.25, -0.2) is 0 Å². The molecular formula is C18H15F2N3OS2. The van der Waals surface area contributed by atoms with Crippen molar-refractivity contribution < 1.29 is 13.6 Å². The molecule has 8 heteroatoms. The fraction of sp³-hybridized carbons (Fsp3) is 0.167. The summed E-state index contributed by atoms with van der Waals surface area (Å²) in [5, 5.41) is 10.9. The van der Waals surface area contributed by atoms with E-state index in [9.17, 15) is 13.6 Å². The summed E-state index contributed by atoms with van der Waals surface area (Å²) in [5.41, 5.74) is 1.83. The van der Waals surface area contributed by atoms with Crippen LogP contribution in [-0.2, 0) is 11.2 Å². The van der Waals surface area contributed by atoms with Crippen molar-refractivity contribution in [1.29, 1.82) is 0 Å². The highest BCUT2D eigenvalue weighted by Gasteiger charge is 2.30. The Bertz CT molecular complexity index is 811. The Morgan fingerprint density at radius 2 is 1.88 bits per heavy atom. The van der Waals surface area contributed by atoms with Crippen molar-refractivity contribution in [3.63, 3.8) is 0 Å². The van der Waals surface area contributed by atoms with E-state index in [4.69, 9.17) is 0 Å². The van der Waals surface area contributed by atoms with Crippen molar-refractivity contribution in [1.82, 2.24) is 5.32 Å². The molecule has 0 saturated carbocycles. The van der Waals surface area contributed by atoms with Gasteiger partial charge in [0.05, 0.1) is 11.5 Å². The number of alkyl halides is 2. The van der Waals surface area contributed by atoms with Crippen molar-refractivity contribution >= 4 is 40.8 Å². The van der Waals surface area contributed by atoms with Crippen molar-refractivity contribution in [2.24, 2.45) is 10.2 Å². The largest absolute Gasteiger partial charge is 0.303 e. The van der Waals surface area contributed by atoms with Crippen LogP contribution < -0.4 is 5.32 Å². The Balaban J connectivity index is 1.57. The van der Waals surface area contributed by atoms with Crippen LogP contribution in [0.25, 0.3) is 0 Å². The molecule has 26 heavy (non-hydrogen) atoms. The fourth-order valence-electron chi connectivity index (χ4n) is 2.29. The Labute approximate surface area is 158 Å². The summed E-state index contributed by atoms with van der Waals surface area (Å²) in [6.07, 6.45) is 2.12. The predicted octanol–water partition coefficient (Wildman–Crippen LogP) is 4.17. The Morgan fingerprint density at radius 1 is 1.15 bits per heavy atom. The van der Waals surface area contributed by atoms with Crippen LogP contribution in [0.3, 0.4) is 0 Å². The van der Waals surface area contributed by atoms with Crippen LogP contribution in [0.2, 0.25) is 0 Å². The molecule has 0 spiro atoms. The van der Waals surface area contributed by atoms with E-state index in [1.165, 1.54) is 11.8 Å². The minimum Gasteiger partial charge on any atom is -0.303 e. The number of carbonyl (C=O) groups is 1. The highest BCUT2D eigenvalue weighted by atomic mass is 32.2. The molecule has 1 aliphatic heterocycles. The fourth-order valence-corrected chi connectivity index (χ4v) is 3.76. The van der Waals surface area contributed by atoms with Gasteiger partial charge in [0.15, 0.2) is 5.17 Å². The molecule has 1 atom stereocenters. The van der Waals surface area contributed by atoms with Crippen LogP contribution in [0.4, 0.5) is 8.78 Å². The van der Waals surface area contributed by atoms with Crippen LogP contribution in [0.5, 0.6) is 0 Å². The summed E-state index contributed by atoms with van der Waals surface area (Å²) in [7, 11) is 0. The summed E-state index contributed by atoms with van der Waals surface area (Å²) in [4.78, 5) is 12.6. The van der Waals surface area contributed by atoms with E-state index < -0.39 is 5.76 Å². The summed E-state index contributed by atoms with van der Waals surface area (Å²) < 4.78 is 24.7. The minimum atomic E-state index is -2.44. The zero-order chi connectivity index (χ0) is 18.4. The number of nitrogens with zero attached hydrogens (tertiary/aromatic N) is 2. The molecule has 2 aromatic rings. The SMILES string of the molecule is O=C1N/C(=N\N=C/c2ccccc2)S[C@@H]1Cc1ccc(SC(F)F)cc1. The highest BCUT2D eigenvalue weighted by molar-refractivity contribution is 8.15. The van der Waals surface area contributed by atoms with Gasteiger partial charge in [-0.15, -0.1) is 5.10 Å². The molecule has 4 nitrogen and oxygen atoms in total. The Hall–Kier alpha value is -2.19. The lowest BCUT2D eigenvalue weighted by atomic mass is 10.1. The number of thioether (sulfide) groups is 2. The molecule has 1 fully saturated rings. The lowest BCUT2D eigenvalue weighted by Gasteiger charge is -2.06. The molecule has 1 N–H and O–H groups in total. The van der Waals surface area contributed by atoms with Crippen LogP contribution in [0, 0.1) is 0 Å². The average molecular weight is 391 g/mol. The normalized spacial score (nSPS) is 18.8. The number of amides is 1.